The maximum Gasteiger partial charge on any atom is 0.338 e. The first-order chi connectivity index (χ1) is 20.1. The summed E-state index contributed by atoms with van der Waals surface area (Å²) in [5.74, 6) is 1.22. The summed E-state index contributed by atoms with van der Waals surface area (Å²) < 4.78 is 24.5. The van der Waals surface area contributed by atoms with Gasteiger partial charge in [-0.25, -0.2) is 9.79 Å². The molecule has 8 nitrogen and oxygen atoms in total. The van der Waals surface area contributed by atoms with Gasteiger partial charge in [0, 0.05) is 11.1 Å². The molecule has 0 amide bonds. The molecule has 0 N–H and O–H groups in total. The Balaban J connectivity index is 1.62. The van der Waals surface area contributed by atoms with Crippen molar-refractivity contribution in [3.8, 4) is 17.2 Å². The van der Waals surface area contributed by atoms with Crippen molar-refractivity contribution in [1.29, 1.82) is 0 Å². The highest BCUT2D eigenvalue weighted by Crippen LogP contribution is 2.40. The van der Waals surface area contributed by atoms with E-state index in [1.807, 2.05) is 60.7 Å². The number of fused-ring (bicyclic) bond motifs is 2. The molecule has 3 heterocycles. The van der Waals surface area contributed by atoms with Crippen LogP contribution in [0.5, 0.6) is 17.2 Å². The Bertz CT molecular complexity index is 1850. The third kappa shape index (κ3) is 4.96. The number of hydrogen-bond donors (Lipinski definition) is 0. The monoisotopic (exact) mass is 566 g/mol. The van der Waals surface area contributed by atoms with Crippen LogP contribution >= 0.6 is 11.3 Å². The summed E-state index contributed by atoms with van der Waals surface area (Å²) in [5.41, 5.74) is 2.58. The fourth-order valence-corrected chi connectivity index (χ4v) is 5.85. The fourth-order valence-electron chi connectivity index (χ4n) is 4.86. The summed E-state index contributed by atoms with van der Waals surface area (Å²) in [6, 6.07) is 21.5. The van der Waals surface area contributed by atoms with Crippen molar-refractivity contribution in [2.45, 2.75) is 13.0 Å². The topological polar surface area (TPSA) is 88.3 Å². The van der Waals surface area contributed by atoms with Gasteiger partial charge in [-0.1, -0.05) is 78.6 Å². The minimum Gasteiger partial charge on any atom is -0.489 e. The number of ether oxygens (including phenoxy) is 4. The van der Waals surface area contributed by atoms with Gasteiger partial charge in [0.15, 0.2) is 16.3 Å². The van der Waals surface area contributed by atoms with Crippen molar-refractivity contribution in [2.24, 2.45) is 4.99 Å². The Morgan fingerprint density at radius 1 is 1.10 bits per heavy atom. The van der Waals surface area contributed by atoms with Gasteiger partial charge in [0.25, 0.3) is 5.56 Å². The third-order valence-corrected chi connectivity index (χ3v) is 7.63. The maximum atomic E-state index is 14.1. The van der Waals surface area contributed by atoms with Crippen LogP contribution in [0.2, 0.25) is 0 Å². The molecular formula is C32H26N2O6S. The van der Waals surface area contributed by atoms with E-state index in [9.17, 15) is 9.59 Å². The number of carbonyl (C=O) groups is 1. The zero-order valence-corrected chi connectivity index (χ0v) is 23.1. The first kappa shape index (κ1) is 26.3. The summed E-state index contributed by atoms with van der Waals surface area (Å²) in [6.45, 7) is 6.07. The van der Waals surface area contributed by atoms with Gasteiger partial charge in [-0.3, -0.25) is 9.36 Å². The molecular weight excluding hydrogens is 540 g/mol. The lowest BCUT2D eigenvalue weighted by molar-refractivity contribution is -0.138. The predicted molar refractivity (Wildman–Crippen MR) is 156 cm³/mol. The van der Waals surface area contributed by atoms with E-state index < -0.39 is 12.0 Å². The van der Waals surface area contributed by atoms with E-state index in [1.54, 1.807) is 35.8 Å². The van der Waals surface area contributed by atoms with Crippen LogP contribution in [0.25, 0.3) is 11.8 Å². The summed E-state index contributed by atoms with van der Waals surface area (Å²) in [7, 11) is 0. The minimum absolute atomic E-state index is 0.102. The molecule has 2 aliphatic heterocycles. The summed E-state index contributed by atoms with van der Waals surface area (Å²) in [4.78, 5) is 33.1. The molecule has 1 atom stereocenters. The molecule has 41 heavy (non-hydrogen) atoms. The van der Waals surface area contributed by atoms with E-state index in [0.29, 0.717) is 44.4 Å². The van der Waals surface area contributed by atoms with E-state index in [1.165, 1.54) is 11.3 Å². The van der Waals surface area contributed by atoms with Crippen LogP contribution in [-0.4, -0.2) is 30.5 Å². The largest absolute Gasteiger partial charge is 0.489 e. The predicted octanol–water partition coefficient (Wildman–Crippen LogP) is 4.23. The summed E-state index contributed by atoms with van der Waals surface area (Å²) >= 11 is 1.25. The van der Waals surface area contributed by atoms with Gasteiger partial charge in [0.2, 0.25) is 6.79 Å². The van der Waals surface area contributed by atoms with Crippen LogP contribution < -0.4 is 29.1 Å². The van der Waals surface area contributed by atoms with Gasteiger partial charge in [-0.05, 0) is 36.8 Å². The number of aromatic nitrogens is 1. The normalized spacial score (nSPS) is 15.7. The van der Waals surface area contributed by atoms with E-state index in [4.69, 9.17) is 23.9 Å². The number of nitrogens with zero attached hydrogens (tertiary/aromatic N) is 2. The van der Waals surface area contributed by atoms with Crippen LogP contribution in [0, 0.1) is 0 Å². The molecule has 2 aliphatic rings. The molecule has 0 spiro atoms. The van der Waals surface area contributed by atoms with E-state index >= 15 is 0 Å². The molecule has 1 unspecified atom stereocenters. The van der Waals surface area contributed by atoms with Gasteiger partial charge in [-0.15, -0.1) is 0 Å². The lowest BCUT2D eigenvalue weighted by Crippen LogP contribution is -2.40. The molecule has 9 heteroatoms. The van der Waals surface area contributed by atoms with Crippen molar-refractivity contribution in [1.82, 2.24) is 4.57 Å². The molecule has 0 fully saturated rings. The SMILES string of the molecule is C=CCOc1ccccc1C=c1sc2n(c1=O)C(c1ccc3c(c1)OCO3)C(C(=O)OCC)=C(c1ccccc1)N=2. The van der Waals surface area contributed by atoms with Gasteiger partial charge < -0.3 is 18.9 Å². The molecule has 6 rings (SSSR count). The fraction of sp³-hybridized carbons (Fsp3) is 0.156. The van der Waals surface area contributed by atoms with Crippen LogP contribution in [-0.2, 0) is 9.53 Å². The summed E-state index contributed by atoms with van der Waals surface area (Å²) in [6.07, 6.45) is 3.45. The zero-order chi connectivity index (χ0) is 28.3. The van der Waals surface area contributed by atoms with Crippen LogP contribution in [0.3, 0.4) is 0 Å². The lowest BCUT2D eigenvalue weighted by atomic mass is 9.93. The van der Waals surface area contributed by atoms with Gasteiger partial charge >= 0.3 is 5.97 Å². The Kier molecular flexibility index (Phi) is 7.26. The third-order valence-electron chi connectivity index (χ3n) is 6.65. The molecule has 206 valence electrons. The molecule has 4 aromatic rings. The van der Waals surface area contributed by atoms with Gasteiger partial charge in [0.05, 0.1) is 28.5 Å². The average molecular weight is 567 g/mol. The maximum absolute atomic E-state index is 14.1. The van der Waals surface area contributed by atoms with Crippen molar-refractivity contribution in [2.75, 3.05) is 20.0 Å². The first-order valence-corrected chi connectivity index (χ1v) is 13.9. The smallest absolute Gasteiger partial charge is 0.338 e. The number of carbonyl (C=O) groups excluding carboxylic acids is 1. The number of para-hydroxylation sites is 1. The van der Waals surface area contributed by atoms with Gasteiger partial charge in [0.1, 0.15) is 12.4 Å². The second kappa shape index (κ2) is 11.3. The average Bonchev–Trinajstić information content (AvgIpc) is 3.60. The molecule has 0 radical (unpaired) electrons. The highest BCUT2D eigenvalue weighted by Gasteiger charge is 2.36. The minimum atomic E-state index is -0.815. The Morgan fingerprint density at radius 3 is 2.68 bits per heavy atom. The quantitative estimate of drug-likeness (QED) is 0.234. The molecule has 0 bridgehead atoms. The van der Waals surface area contributed by atoms with Crippen LogP contribution in [0.15, 0.2) is 101 Å². The van der Waals surface area contributed by atoms with Crippen molar-refractivity contribution < 1.29 is 23.7 Å². The Hall–Kier alpha value is -4.89. The molecule has 1 aromatic heterocycles. The lowest BCUT2D eigenvalue weighted by Gasteiger charge is -2.26. The van der Waals surface area contributed by atoms with E-state index in [0.717, 1.165) is 11.1 Å². The number of esters is 1. The number of rotatable bonds is 8. The Morgan fingerprint density at radius 2 is 1.88 bits per heavy atom. The van der Waals surface area contributed by atoms with Gasteiger partial charge in [-0.2, -0.15) is 0 Å². The van der Waals surface area contributed by atoms with E-state index in [-0.39, 0.29) is 24.5 Å². The highest BCUT2D eigenvalue weighted by molar-refractivity contribution is 7.07. The number of thiazole rings is 1. The summed E-state index contributed by atoms with van der Waals surface area (Å²) in [5, 5.41) is 0. The zero-order valence-electron chi connectivity index (χ0n) is 22.2. The Labute approximate surface area is 239 Å². The van der Waals surface area contributed by atoms with Crippen molar-refractivity contribution in [3.05, 3.63) is 127 Å². The second-order valence-corrected chi connectivity index (χ2v) is 10.2. The van der Waals surface area contributed by atoms with Crippen molar-refractivity contribution >= 4 is 29.1 Å². The number of benzene rings is 3. The molecule has 0 aliphatic carbocycles. The van der Waals surface area contributed by atoms with E-state index in [2.05, 4.69) is 6.58 Å². The molecule has 0 saturated carbocycles. The molecule has 0 saturated heterocycles. The van der Waals surface area contributed by atoms with Crippen LogP contribution in [0.4, 0.5) is 0 Å². The standard InChI is InChI=1S/C32H26N2O6S/c1-3-16-38-23-13-9-8-12-21(23)18-26-30(35)34-29(22-14-15-24-25(17-22)40-19-39-24)27(31(36)37-4-2)28(33-32(34)41-26)20-10-6-5-7-11-20/h3,5-15,17-18,29H,1,4,16,19H2,2H3. The van der Waals surface area contributed by atoms with Crippen molar-refractivity contribution in [3.63, 3.8) is 0 Å². The molecule has 3 aromatic carbocycles. The second-order valence-electron chi connectivity index (χ2n) is 9.18. The first-order valence-electron chi connectivity index (χ1n) is 13.1. The van der Waals surface area contributed by atoms with Crippen LogP contribution in [0.1, 0.15) is 29.7 Å². The number of hydrogen-bond acceptors (Lipinski definition) is 8. The highest BCUT2D eigenvalue weighted by atomic mass is 32.1.